The number of ether oxygens (including phenoxy) is 1. The summed E-state index contributed by atoms with van der Waals surface area (Å²) in [6.07, 6.45) is 0.758. The maximum atomic E-state index is 12.0. The van der Waals surface area contributed by atoms with E-state index in [1.807, 2.05) is 47.8 Å². The van der Waals surface area contributed by atoms with Crippen molar-refractivity contribution in [3.8, 4) is 5.75 Å². The monoisotopic (exact) mass is 393 g/mol. The van der Waals surface area contributed by atoms with Gasteiger partial charge in [0.05, 0.1) is 17.2 Å². The zero-order valence-electron chi connectivity index (χ0n) is 15.8. The second-order valence-electron chi connectivity index (χ2n) is 6.81. The minimum absolute atomic E-state index is 0.0406. The molecule has 0 saturated carbocycles. The van der Waals surface area contributed by atoms with Crippen molar-refractivity contribution in [2.45, 2.75) is 32.7 Å². The molecule has 6 heteroatoms. The van der Waals surface area contributed by atoms with E-state index in [4.69, 9.17) is 4.74 Å². The van der Waals surface area contributed by atoms with Crippen LogP contribution in [0.2, 0.25) is 0 Å². The summed E-state index contributed by atoms with van der Waals surface area (Å²) in [4.78, 5) is 18.7. The number of carbonyl (C=O) groups excluding carboxylic acids is 1. The van der Waals surface area contributed by atoms with Crippen molar-refractivity contribution in [3.05, 3.63) is 81.8 Å². The van der Waals surface area contributed by atoms with Gasteiger partial charge in [-0.2, -0.15) is 0 Å². The number of aryl methyl sites for hydroxylation is 1. The van der Waals surface area contributed by atoms with Gasteiger partial charge in [0.25, 0.3) is 0 Å². The molecule has 144 valence electrons. The van der Waals surface area contributed by atoms with Crippen LogP contribution in [0.3, 0.4) is 0 Å². The predicted octanol–water partition coefficient (Wildman–Crippen LogP) is 3.92. The Hall–Kier alpha value is -2.70. The van der Waals surface area contributed by atoms with E-state index in [-0.39, 0.29) is 12.1 Å². The maximum absolute atomic E-state index is 12.0. The first-order valence-corrected chi connectivity index (χ1v) is 10.3. The summed E-state index contributed by atoms with van der Waals surface area (Å²) in [5.41, 5.74) is 3.21. The van der Waals surface area contributed by atoms with Gasteiger partial charge in [-0.15, -0.1) is 11.3 Å². The van der Waals surface area contributed by atoms with E-state index >= 15 is 0 Å². The molecule has 2 aromatic carbocycles. The number of aromatic nitrogens is 1. The van der Waals surface area contributed by atoms with E-state index in [0.29, 0.717) is 19.7 Å². The van der Waals surface area contributed by atoms with Gasteiger partial charge >= 0.3 is 0 Å². The first-order valence-electron chi connectivity index (χ1n) is 9.44. The molecule has 1 aliphatic heterocycles. The van der Waals surface area contributed by atoms with Gasteiger partial charge in [0.1, 0.15) is 18.5 Å². The average molecular weight is 394 g/mol. The Morgan fingerprint density at radius 2 is 1.93 bits per heavy atom. The highest BCUT2D eigenvalue weighted by atomic mass is 32.1. The molecule has 28 heavy (non-hydrogen) atoms. The highest BCUT2D eigenvalue weighted by Gasteiger charge is 2.32. The van der Waals surface area contributed by atoms with Crippen molar-refractivity contribution in [2.75, 3.05) is 6.54 Å². The number of nitrogens with zero attached hydrogens (tertiary/aromatic N) is 2. The Kier molecular flexibility index (Phi) is 5.69. The van der Waals surface area contributed by atoms with Crippen LogP contribution in [0.1, 0.15) is 34.9 Å². The molecule has 0 bridgehead atoms. The second kappa shape index (κ2) is 8.54. The van der Waals surface area contributed by atoms with E-state index in [9.17, 15) is 4.79 Å². The molecule has 4 rings (SSSR count). The maximum Gasteiger partial charge on any atom is 0.235 e. The Bertz CT molecular complexity index is 924. The van der Waals surface area contributed by atoms with Crippen molar-refractivity contribution in [1.82, 2.24) is 15.2 Å². The summed E-state index contributed by atoms with van der Waals surface area (Å²) in [7, 11) is 0. The lowest BCUT2D eigenvalue weighted by Gasteiger charge is -2.21. The Balaban J connectivity index is 1.39. The van der Waals surface area contributed by atoms with E-state index in [1.165, 1.54) is 0 Å². The molecular formula is C22H23N3O2S. The van der Waals surface area contributed by atoms with Gasteiger partial charge in [-0.25, -0.2) is 4.98 Å². The molecule has 1 amide bonds. The van der Waals surface area contributed by atoms with Crippen LogP contribution in [0.4, 0.5) is 0 Å². The van der Waals surface area contributed by atoms with Gasteiger partial charge in [-0.1, -0.05) is 49.4 Å². The van der Waals surface area contributed by atoms with Crippen molar-refractivity contribution >= 4 is 17.2 Å². The first-order chi connectivity index (χ1) is 13.7. The largest absolute Gasteiger partial charge is 0.489 e. The molecule has 5 nitrogen and oxygen atoms in total. The van der Waals surface area contributed by atoms with Crippen LogP contribution in [-0.4, -0.2) is 22.3 Å². The number of carbonyl (C=O) groups is 1. The van der Waals surface area contributed by atoms with Crippen LogP contribution in [-0.2, 0) is 24.4 Å². The summed E-state index contributed by atoms with van der Waals surface area (Å²) >= 11 is 1.65. The Morgan fingerprint density at radius 3 is 2.64 bits per heavy atom. The summed E-state index contributed by atoms with van der Waals surface area (Å²) in [6, 6.07) is 18.2. The summed E-state index contributed by atoms with van der Waals surface area (Å²) < 4.78 is 5.85. The molecular weight excluding hydrogens is 370 g/mol. The van der Waals surface area contributed by atoms with Crippen LogP contribution >= 0.6 is 11.3 Å². The van der Waals surface area contributed by atoms with Gasteiger partial charge in [-0.3, -0.25) is 9.69 Å². The molecule has 0 spiro atoms. The van der Waals surface area contributed by atoms with Crippen LogP contribution in [0.25, 0.3) is 0 Å². The third-order valence-corrected chi connectivity index (χ3v) is 5.73. The molecule has 1 saturated heterocycles. The molecule has 1 atom stereocenters. The van der Waals surface area contributed by atoms with E-state index in [2.05, 4.69) is 34.3 Å². The molecule has 1 N–H and O–H groups in total. The molecule has 0 aliphatic carbocycles. The molecule has 1 fully saturated rings. The summed E-state index contributed by atoms with van der Waals surface area (Å²) in [5.74, 6) is 0.880. The van der Waals surface area contributed by atoms with Gasteiger partial charge < -0.3 is 10.1 Å². The highest BCUT2D eigenvalue weighted by Crippen LogP contribution is 2.26. The third-order valence-electron chi connectivity index (χ3n) is 4.72. The fraction of sp³-hybridized carbons (Fsp3) is 0.273. The highest BCUT2D eigenvalue weighted by molar-refractivity contribution is 7.09. The average Bonchev–Trinajstić information content (AvgIpc) is 3.34. The molecule has 1 aromatic heterocycles. The Morgan fingerprint density at radius 1 is 1.14 bits per heavy atom. The first kappa shape index (κ1) is 18.7. The van der Waals surface area contributed by atoms with Crippen molar-refractivity contribution in [3.63, 3.8) is 0 Å². The van der Waals surface area contributed by atoms with Gasteiger partial charge in [0.15, 0.2) is 0 Å². The summed E-state index contributed by atoms with van der Waals surface area (Å²) in [6.45, 7) is 3.71. The third kappa shape index (κ3) is 4.40. The van der Waals surface area contributed by atoms with Crippen LogP contribution in [0.5, 0.6) is 5.75 Å². The normalized spacial score (nSPS) is 16.9. The van der Waals surface area contributed by atoms with Gasteiger partial charge in [0.2, 0.25) is 5.91 Å². The SMILES string of the molecule is CCc1nc([C@H]2NC(=O)CN2Cc2ccc(OCc3ccccc3)cc2)cs1. The zero-order valence-corrected chi connectivity index (χ0v) is 16.6. The zero-order chi connectivity index (χ0) is 19.3. The van der Waals surface area contributed by atoms with Crippen LogP contribution in [0, 0.1) is 0 Å². The van der Waals surface area contributed by atoms with Crippen molar-refractivity contribution in [2.24, 2.45) is 0 Å². The quantitative estimate of drug-likeness (QED) is 0.661. The Labute approximate surface area is 169 Å². The minimum atomic E-state index is -0.155. The summed E-state index contributed by atoms with van der Waals surface area (Å²) in [5, 5.41) is 6.17. The topological polar surface area (TPSA) is 54.5 Å². The van der Waals surface area contributed by atoms with Gasteiger partial charge in [-0.05, 0) is 29.7 Å². The standard InChI is InChI=1S/C22H23N3O2S/c1-2-21-23-19(15-28-21)22-24-20(26)13-25(22)12-16-8-10-18(11-9-16)27-14-17-6-4-3-5-7-17/h3-11,15,22H,2,12-14H2,1H3,(H,24,26)/t22-/m0/s1. The fourth-order valence-electron chi connectivity index (χ4n) is 3.25. The number of rotatable bonds is 7. The van der Waals surface area contributed by atoms with Crippen molar-refractivity contribution < 1.29 is 9.53 Å². The molecule has 1 aliphatic rings. The minimum Gasteiger partial charge on any atom is -0.489 e. The van der Waals surface area contributed by atoms with Crippen LogP contribution in [0.15, 0.2) is 60.0 Å². The van der Waals surface area contributed by atoms with E-state index < -0.39 is 0 Å². The fourth-order valence-corrected chi connectivity index (χ4v) is 4.02. The number of thiazole rings is 1. The lowest BCUT2D eigenvalue weighted by Crippen LogP contribution is -2.27. The molecule has 0 radical (unpaired) electrons. The molecule has 3 aromatic rings. The number of nitrogens with one attached hydrogen (secondary N) is 1. The predicted molar refractivity (Wildman–Crippen MR) is 110 cm³/mol. The smallest absolute Gasteiger partial charge is 0.235 e. The van der Waals surface area contributed by atoms with Gasteiger partial charge in [0, 0.05) is 11.9 Å². The second-order valence-corrected chi connectivity index (χ2v) is 7.76. The van der Waals surface area contributed by atoms with E-state index in [1.54, 1.807) is 11.3 Å². The lowest BCUT2D eigenvalue weighted by atomic mass is 10.2. The number of benzene rings is 2. The lowest BCUT2D eigenvalue weighted by molar-refractivity contribution is -0.118. The van der Waals surface area contributed by atoms with Crippen LogP contribution < -0.4 is 10.1 Å². The molecule has 2 heterocycles. The van der Waals surface area contributed by atoms with Crippen molar-refractivity contribution in [1.29, 1.82) is 0 Å². The number of amides is 1. The number of hydrogen-bond acceptors (Lipinski definition) is 5. The van der Waals surface area contributed by atoms with E-state index in [0.717, 1.165) is 34.0 Å². The molecule has 0 unspecified atom stereocenters. The number of hydrogen-bond donors (Lipinski definition) is 1.